The molecule has 0 saturated heterocycles. The van der Waals surface area contributed by atoms with Crippen molar-refractivity contribution in [2.75, 3.05) is 0 Å². The van der Waals surface area contributed by atoms with Gasteiger partial charge in [-0.2, -0.15) is 0 Å². The number of hydrogen-bond acceptors (Lipinski definition) is 6. The Labute approximate surface area is 194 Å². The van der Waals surface area contributed by atoms with Crippen LogP contribution in [0.2, 0.25) is 0 Å². The maximum Gasteiger partial charge on any atom is 0.137 e. The number of allylic oxidation sites excluding steroid dienone is 4. The molecule has 0 radical (unpaired) electrons. The topological polar surface area (TPSA) is 94.9 Å². The largest absolute Gasteiger partial charge is 0.385 e. The molecule has 0 aromatic carbocycles. The standard InChI is InChI=1S/C26H22N4O2S/c1-25(31)15-26(32,22-20(25)8-4-11-27-22)17-6-2-5-16(9-10-17)21-14-33-24(30-21)19-13-29-23-18(19)7-3-12-28-23/h2-8,10-14,31-32H,9,15H2,1H3,(H,28,29)/t25-,26+/m1/s1. The lowest BCUT2D eigenvalue weighted by molar-refractivity contribution is -0.0148. The van der Waals surface area contributed by atoms with Gasteiger partial charge in [-0.1, -0.05) is 30.4 Å². The van der Waals surface area contributed by atoms with Gasteiger partial charge in [0.15, 0.2) is 0 Å². The molecule has 0 amide bonds. The van der Waals surface area contributed by atoms with E-state index in [2.05, 4.69) is 20.3 Å². The summed E-state index contributed by atoms with van der Waals surface area (Å²) in [4.78, 5) is 16.9. The lowest BCUT2D eigenvalue weighted by Gasteiger charge is -2.26. The van der Waals surface area contributed by atoms with Gasteiger partial charge in [0.05, 0.1) is 17.0 Å². The maximum atomic E-state index is 11.6. The van der Waals surface area contributed by atoms with E-state index in [-0.39, 0.29) is 6.42 Å². The first kappa shape index (κ1) is 20.2. The molecule has 0 unspecified atom stereocenters. The highest BCUT2D eigenvalue weighted by molar-refractivity contribution is 7.13. The number of aromatic nitrogens is 4. The smallest absolute Gasteiger partial charge is 0.137 e. The number of pyridine rings is 2. The van der Waals surface area contributed by atoms with E-state index in [1.165, 1.54) is 0 Å². The van der Waals surface area contributed by atoms with Crippen molar-refractivity contribution < 1.29 is 10.2 Å². The third-order valence-corrected chi connectivity index (χ3v) is 7.36. The first-order chi connectivity index (χ1) is 16.0. The van der Waals surface area contributed by atoms with Crippen molar-refractivity contribution in [2.45, 2.75) is 31.0 Å². The van der Waals surface area contributed by atoms with Gasteiger partial charge in [0.1, 0.15) is 16.3 Å². The zero-order valence-corrected chi connectivity index (χ0v) is 18.8. The molecule has 4 heterocycles. The first-order valence-corrected chi connectivity index (χ1v) is 11.7. The molecular formula is C26H22N4O2S. The Morgan fingerprint density at radius 1 is 1.12 bits per heavy atom. The van der Waals surface area contributed by atoms with Gasteiger partial charge in [-0.05, 0) is 42.7 Å². The van der Waals surface area contributed by atoms with Crippen LogP contribution in [0.5, 0.6) is 0 Å². The minimum Gasteiger partial charge on any atom is -0.385 e. The average Bonchev–Trinajstić information content (AvgIpc) is 3.45. The summed E-state index contributed by atoms with van der Waals surface area (Å²) in [5.41, 5.74) is 3.36. The molecule has 6 nitrogen and oxygen atoms in total. The van der Waals surface area contributed by atoms with Crippen molar-refractivity contribution in [3.8, 4) is 10.6 Å². The summed E-state index contributed by atoms with van der Waals surface area (Å²) < 4.78 is 0. The molecule has 164 valence electrons. The van der Waals surface area contributed by atoms with Crippen LogP contribution in [-0.2, 0) is 11.2 Å². The molecule has 2 aliphatic carbocycles. The number of rotatable bonds is 3. The van der Waals surface area contributed by atoms with Gasteiger partial charge in [0, 0.05) is 46.9 Å². The van der Waals surface area contributed by atoms with Crippen LogP contribution >= 0.6 is 11.3 Å². The van der Waals surface area contributed by atoms with Gasteiger partial charge in [-0.15, -0.1) is 11.3 Å². The van der Waals surface area contributed by atoms with Gasteiger partial charge < -0.3 is 15.2 Å². The van der Waals surface area contributed by atoms with Crippen LogP contribution in [0, 0.1) is 0 Å². The van der Waals surface area contributed by atoms with E-state index in [1.54, 1.807) is 36.7 Å². The molecule has 6 rings (SSSR count). The molecule has 7 heteroatoms. The van der Waals surface area contributed by atoms with Gasteiger partial charge in [0.2, 0.25) is 0 Å². The van der Waals surface area contributed by atoms with E-state index < -0.39 is 11.2 Å². The van der Waals surface area contributed by atoms with Crippen LogP contribution < -0.4 is 0 Å². The third-order valence-electron chi connectivity index (χ3n) is 6.49. The minimum atomic E-state index is -1.33. The van der Waals surface area contributed by atoms with E-state index in [4.69, 9.17) is 4.98 Å². The van der Waals surface area contributed by atoms with E-state index >= 15 is 0 Å². The first-order valence-electron chi connectivity index (χ1n) is 10.8. The highest BCUT2D eigenvalue weighted by atomic mass is 32.1. The fourth-order valence-corrected chi connectivity index (χ4v) is 5.76. The average molecular weight is 455 g/mol. The fourth-order valence-electron chi connectivity index (χ4n) is 4.88. The molecule has 2 aliphatic rings. The summed E-state index contributed by atoms with van der Waals surface area (Å²) in [5, 5.41) is 26.6. The van der Waals surface area contributed by atoms with Crippen molar-refractivity contribution >= 4 is 27.9 Å². The number of aliphatic hydroxyl groups is 2. The van der Waals surface area contributed by atoms with Gasteiger partial charge in [-0.25, -0.2) is 9.97 Å². The van der Waals surface area contributed by atoms with Crippen LogP contribution in [0.1, 0.15) is 36.7 Å². The normalized spacial score (nSPS) is 24.5. The van der Waals surface area contributed by atoms with E-state index in [1.807, 2.05) is 48.7 Å². The molecule has 2 atom stereocenters. The van der Waals surface area contributed by atoms with E-state index in [0.717, 1.165) is 38.4 Å². The Morgan fingerprint density at radius 3 is 2.88 bits per heavy atom. The summed E-state index contributed by atoms with van der Waals surface area (Å²) in [7, 11) is 0. The van der Waals surface area contributed by atoms with Crippen LogP contribution in [0.25, 0.3) is 27.2 Å². The van der Waals surface area contributed by atoms with Crippen molar-refractivity contribution in [3.63, 3.8) is 0 Å². The van der Waals surface area contributed by atoms with Gasteiger partial charge in [0.25, 0.3) is 0 Å². The number of fused-ring (bicyclic) bond motifs is 2. The molecule has 0 fully saturated rings. The Hall–Kier alpha value is -3.39. The van der Waals surface area contributed by atoms with Gasteiger partial charge >= 0.3 is 0 Å². The van der Waals surface area contributed by atoms with Crippen molar-refractivity contribution in [3.05, 3.63) is 95.1 Å². The quantitative estimate of drug-likeness (QED) is 0.411. The SMILES string of the molecule is C[C@@]1(O)C[C@](O)(C2=CCC(c3csc(-c4c[nH]c5ncccc45)n3)=CC=C2)c2ncccc21. The minimum absolute atomic E-state index is 0.174. The van der Waals surface area contributed by atoms with E-state index in [9.17, 15) is 10.2 Å². The second kappa shape index (κ2) is 7.31. The molecule has 33 heavy (non-hydrogen) atoms. The highest BCUT2D eigenvalue weighted by Gasteiger charge is 2.51. The Morgan fingerprint density at radius 2 is 1.97 bits per heavy atom. The monoisotopic (exact) mass is 454 g/mol. The second-order valence-corrected chi connectivity index (χ2v) is 9.62. The molecule has 3 N–H and O–H groups in total. The highest BCUT2D eigenvalue weighted by Crippen LogP contribution is 2.50. The molecule has 0 aliphatic heterocycles. The Kier molecular flexibility index (Phi) is 4.48. The molecular weight excluding hydrogens is 432 g/mol. The molecule has 0 spiro atoms. The second-order valence-electron chi connectivity index (χ2n) is 8.76. The summed E-state index contributed by atoms with van der Waals surface area (Å²) >= 11 is 1.60. The van der Waals surface area contributed by atoms with Crippen LogP contribution in [0.4, 0.5) is 0 Å². The zero-order valence-electron chi connectivity index (χ0n) is 18.0. The van der Waals surface area contributed by atoms with Crippen molar-refractivity contribution in [1.82, 2.24) is 19.9 Å². The zero-order chi connectivity index (χ0) is 22.6. The number of aromatic amines is 1. The predicted octanol–water partition coefficient (Wildman–Crippen LogP) is 4.85. The van der Waals surface area contributed by atoms with Gasteiger partial charge in [-0.3, -0.25) is 4.98 Å². The summed E-state index contributed by atoms with van der Waals surface area (Å²) in [6.45, 7) is 1.73. The fraction of sp³-hybridized carbons (Fsp3) is 0.192. The summed E-state index contributed by atoms with van der Waals surface area (Å²) in [6, 6.07) is 7.60. The van der Waals surface area contributed by atoms with Crippen LogP contribution in [-0.4, -0.2) is 30.1 Å². The molecule has 0 saturated carbocycles. The van der Waals surface area contributed by atoms with Crippen LogP contribution in [0.15, 0.2) is 78.1 Å². The number of H-pyrrole nitrogens is 1. The lowest BCUT2D eigenvalue weighted by atomic mass is 9.87. The summed E-state index contributed by atoms with van der Waals surface area (Å²) in [5.74, 6) is 0. The number of thiazole rings is 1. The third kappa shape index (κ3) is 3.20. The van der Waals surface area contributed by atoms with E-state index in [0.29, 0.717) is 17.7 Å². The molecule has 0 bridgehead atoms. The van der Waals surface area contributed by atoms with Crippen molar-refractivity contribution in [2.24, 2.45) is 0 Å². The Bertz CT molecular complexity index is 1480. The predicted molar refractivity (Wildman–Crippen MR) is 129 cm³/mol. The number of nitrogens with zero attached hydrogens (tertiary/aromatic N) is 3. The van der Waals surface area contributed by atoms with Crippen LogP contribution in [0.3, 0.4) is 0 Å². The summed E-state index contributed by atoms with van der Waals surface area (Å²) in [6.07, 6.45) is 14.1. The molecule has 4 aromatic rings. The number of nitrogens with one attached hydrogen (secondary N) is 1. The molecule has 4 aromatic heterocycles. The maximum absolute atomic E-state index is 11.6. The lowest BCUT2D eigenvalue weighted by Crippen LogP contribution is -2.28. The number of hydrogen-bond donors (Lipinski definition) is 3. The van der Waals surface area contributed by atoms with Crippen molar-refractivity contribution in [1.29, 1.82) is 0 Å². The Balaban J connectivity index is 1.31.